The summed E-state index contributed by atoms with van der Waals surface area (Å²) < 4.78 is 58.4. The number of nitrogens with zero attached hydrogens (tertiary/aromatic N) is 1. The molecule has 2 atom stereocenters. The first-order valence-corrected chi connectivity index (χ1v) is 14.4. The van der Waals surface area contributed by atoms with E-state index in [1.54, 1.807) is 12.1 Å². The van der Waals surface area contributed by atoms with Gasteiger partial charge in [-0.2, -0.15) is 5.26 Å². The Kier molecular flexibility index (Phi) is 7.63. The summed E-state index contributed by atoms with van der Waals surface area (Å²) in [6.45, 7) is 4.50. The second kappa shape index (κ2) is 10.7. The lowest BCUT2D eigenvalue weighted by Gasteiger charge is -2.29. The molecular weight excluding hydrogens is 548 g/mol. The van der Waals surface area contributed by atoms with Gasteiger partial charge in [0.15, 0.2) is 0 Å². The molecule has 0 heterocycles. The van der Waals surface area contributed by atoms with E-state index in [0.29, 0.717) is 36.8 Å². The summed E-state index contributed by atoms with van der Waals surface area (Å²) >= 11 is 0. The molecule has 3 aliphatic carbocycles. The molecule has 0 spiro atoms. The molecule has 3 N–H and O–H groups in total. The normalized spacial score (nSPS) is 20.6. The van der Waals surface area contributed by atoms with E-state index in [1.165, 1.54) is 44.2 Å². The van der Waals surface area contributed by atoms with Gasteiger partial charge in [0, 0.05) is 17.5 Å². The number of nitriles is 1. The van der Waals surface area contributed by atoms with Crippen LogP contribution in [0.5, 0.6) is 0 Å². The Morgan fingerprint density at radius 2 is 1.64 bits per heavy atom. The quantitative estimate of drug-likeness (QED) is 0.276. The summed E-state index contributed by atoms with van der Waals surface area (Å²) in [5, 5.41) is 17.6. The topological polar surface area (TPSA) is 94.0 Å². The number of benzene rings is 2. The van der Waals surface area contributed by atoms with Crippen molar-refractivity contribution in [1.29, 1.82) is 5.26 Å². The monoisotopic (exact) mass is 584 g/mol. The van der Waals surface area contributed by atoms with Crippen LogP contribution in [0.2, 0.25) is 0 Å². The first-order chi connectivity index (χ1) is 19.7. The molecule has 2 amide bonds. The molecule has 3 aliphatic rings. The number of hydrogen-bond acceptors (Lipinski definition) is 4. The molecule has 0 bridgehead atoms. The lowest BCUT2D eigenvalue weighted by molar-refractivity contribution is -0.125. The molecule has 42 heavy (non-hydrogen) atoms. The van der Waals surface area contributed by atoms with Crippen molar-refractivity contribution in [2.45, 2.75) is 106 Å². The highest BCUT2D eigenvalue weighted by atomic mass is 19.3. The van der Waals surface area contributed by atoms with E-state index < -0.39 is 46.9 Å². The number of carbonyl (C=O) groups excluding carboxylic acids is 2. The van der Waals surface area contributed by atoms with E-state index >= 15 is 4.39 Å². The maximum absolute atomic E-state index is 15.3. The summed E-state index contributed by atoms with van der Waals surface area (Å²) in [6.07, 6.45) is 0.763. The average molecular weight is 585 g/mol. The van der Waals surface area contributed by atoms with Crippen LogP contribution in [0, 0.1) is 17.1 Å². The Morgan fingerprint density at radius 1 is 1.00 bits per heavy atom. The summed E-state index contributed by atoms with van der Waals surface area (Å²) in [4.78, 5) is 25.8. The molecule has 10 heteroatoms. The molecule has 6 nitrogen and oxygen atoms in total. The third-order valence-electron chi connectivity index (χ3n) is 8.67. The number of alkyl halides is 3. The highest BCUT2D eigenvalue weighted by Gasteiger charge is 2.54. The van der Waals surface area contributed by atoms with E-state index in [4.69, 9.17) is 0 Å². The molecule has 0 saturated heterocycles. The van der Waals surface area contributed by atoms with Gasteiger partial charge < -0.3 is 10.6 Å². The Morgan fingerprint density at radius 3 is 2.12 bits per heavy atom. The number of amides is 2. The van der Waals surface area contributed by atoms with Gasteiger partial charge in [-0.15, -0.1) is 0 Å². The zero-order valence-electron chi connectivity index (χ0n) is 24.0. The van der Waals surface area contributed by atoms with Gasteiger partial charge in [-0.05, 0) is 82.1 Å². The molecule has 0 aromatic heterocycles. The van der Waals surface area contributed by atoms with Crippen molar-refractivity contribution in [1.82, 2.24) is 16.0 Å². The minimum absolute atomic E-state index is 0.0763. The summed E-state index contributed by atoms with van der Waals surface area (Å²) in [5.74, 6) is -1.31. The zero-order chi connectivity index (χ0) is 30.5. The standard InChI is InChI=1S/C32H36F4N4O2/c1-29(2,36)17-24(27(41)39-31(18-37)12-13-31)38-25(26(34)35)20-6-4-19(5-7-20)22-9-8-21(16-23(22)33)32(14-15-32)28(42)40-30(3)10-11-30/h4-9,16,24-26,38H,10-15,17H2,1-3H3,(H,39,41)(H,40,42)/t24-,25-/m0/s1. The summed E-state index contributed by atoms with van der Waals surface area (Å²) in [5.41, 5.74) is -2.27. The highest BCUT2D eigenvalue weighted by molar-refractivity contribution is 5.92. The van der Waals surface area contributed by atoms with Crippen molar-refractivity contribution in [2.24, 2.45) is 0 Å². The van der Waals surface area contributed by atoms with Crippen LogP contribution in [-0.2, 0) is 15.0 Å². The third-order valence-corrected chi connectivity index (χ3v) is 8.67. The van der Waals surface area contributed by atoms with Gasteiger partial charge in [0.2, 0.25) is 11.8 Å². The largest absolute Gasteiger partial charge is 0.350 e. The summed E-state index contributed by atoms with van der Waals surface area (Å²) in [6, 6.07) is 9.69. The molecule has 0 aliphatic heterocycles. The smallest absolute Gasteiger partial charge is 0.257 e. The molecule has 3 saturated carbocycles. The predicted octanol–water partition coefficient (Wildman–Crippen LogP) is 5.77. The first kappa shape index (κ1) is 30.0. The Bertz CT molecular complexity index is 1400. The lowest BCUT2D eigenvalue weighted by Crippen LogP contribution is -2.52. The van der Waals surface area contributed by atoms with Crippen LogP contribution in [0.15, 0.2) is 42.5 Å². The Labute approximate surface area is 243 Å². The molecule has 2 aromatic carbocycles. The van der Waals surface area contributed by atoms with Crippen molar-refractivity contribution in [2.75, 3.05) is 0 Å². The van der Waals surface area contributed by atoms with Crippen LogP contribution in [0.3, 0.4) is 0 Å². The number of nitrogens with one attached hydrogen (secondary N) is 3. The number of rotatable bonds is 12. The van der Waals surface area contributed by atoms with Crippen LogP contribution < -0.4 is 16.0 Å². The molecule has 0 unspecified atom stereocenters. The third kappa shape index (κ3) is 6.46. The fourth-order valence-electron chi connectivity index (χ4n) is 5.35. The Hall–Kier alpha value is -3.45. The van der Waals surface area contributed by atoms with Crippen molar-refractivity contribution >= 4 is 11.8 Å². The van der Waals surface area contributed by atoms with Crippen molar-refractivity contribution in [3.8, 4) is 17.2 Å². The second-order valence-electron chi connectivity index (χ2n) is 13.1. The van der Waals surface area contributed by atoms with Gasteiger partial charge in [0.25, 0.3) is 6.43 Å². The van der Waals surface area contributed by atoms with E-state index in [1.807, 2.05) is 13.0 Å². The highest BCUT2D eigenvalue weighted by Crippen LogP contribution is 2.50. The van der Waals surface area contributed by atoms with E-state index in [2.05, 4.69) is 16.0 Å². The van der Waals surface area contributed by atoms with Crippen molar-refractivity contribution in [3.05, 3.63) is 59.4 Å². The summed E-state index contributed by atoms with van der Waals surface area (Å²) in [7, 11) is 0. The maximum atomic E-state index is 15.3. The van der Waals surface area contributed by atoms with Gasteiger partial charge in [0.05, 0.1) is 23.6 Å². The van der Waals surface area contributed by atoms with Gasteiger partial charge >= 0.3 is 0 Å². The number of hydrogen-bond donors (Lipinski definition) is 3. The van der Waals surface area contributed by atoms with Crippen molar-refractivity contribution in [3.63, 3.8) is 0 Å². The predicted molar refractivity (Wildman–Crippen MR) is 150 cm³/mol. The van der Waals surface area contributed by atoms with Crippen LogP contribution in [-0.4, -0.2) is 41.0 Å². The fraction of sp³-hybridized carbons (Fsp3) is 0.531. The van der Waals surface area contributed by atoms with Gasteiger partial charge in [-0.25, -0.2) is 17.6 Å². The van der Waals surface area contributed by atoms with Crippen LogP contribution in [0.25, 0.3) is 11.1 Å². The molecule has 3 fully saturated rings. The minimum Gasteiger partial charge on any atom is -0.350 e. The lowest BCUT2D eigenvalue weighted by atomic mass is 9.91. The maximum Gasteiger partial charge on any atom is 0.257 e. The average Bonchev–Trinajstić information content (AvgIpc) is 3.81. The SMILES string of the molecule is CC(C)(F)C[C@H](N[C@@H](c1ccc(-c2ccc(C3(C(=O)NC4(C)CC4)CC3)cc2F)cc1)C(F)F)C(=O)NC1(C#N)CC1. The van der Waals surface area contributed by atoms with Crippen LogP contribution in [0.4, 0.5) is 17.6 Å². The fourth-order valence-corrected chi connectivity index (χ4v) is 5.35. The minimum atomic E-state index is -2.94. The van der Waals surface area contributed by atoms with Gasteiger partial charge in [0.1, 0.15) is 17.0 Å². The van der Waals surface area contributed by atoms with E-state index in [0.717, 1.165) is 12.8 Å². The second-order valence-corrected chi connectivity index (χ2v) is 13.1. The van der Waals surface area contributed by atoms with Crippen molar-refractivity contribution < 1.29 is 27.2 Å². The van der Waals surface area contributed by atoms with Gasteiger partial charge in [-0.3, -0.25) is 14.9 Å². The molecular formula is C32H36F4N4O2. The molecule has 5 rings (SSSR count). The first-order valence-electron chi connectivity index (χ1n) is 14.4. The number of halogens is 4. The molecule has 0 radical (unpaired) electrons. The van der Waals surface area contributed by atoms with Crippen LogP contribution in [0.1, 0.15) is 82.9 Å². The molecule has 224 valence electrons. The zero-order valence-corrected chi connectivity index (χ0v) is 24.0. The van der Waals surface area contributed by atoms with E-state index in [9.17, 15) is 28.0 Å². The van der Waals surface area contributed by atoms with Crippen LogP contribution >= 0.6 is 0 Å². The van der Waals surface area contributed by atoms with Gasteiger partial charge in [-0.1, -0.05) is 36.4 Å². The molecule has 2 aromatic rings. The Balaban J connectivity index is 1.32. The number of carbonyl (C=O) groups is 2. The van der Waals surface area contributed by atoms with E-state index in [-0.39, 0.29) is 29.0 Å².